The van der Waals surface area contributed by atoms with E-state index in [1.807, 2.05) is 19.1 Å². The highest BCUT2D eigenvalue weighted by atomic mass is 35.5. The predicted molar refractivity (Wildman–Crippen MR) is 125 cm³/mol. The summed E-state index contributed by atoms with van der Waals surface area (Å²) in [5.74, 6) is 6.62. The third kappa shape index (κ3) is 6.03. The zero-order valence-electron chi connectivity index (χ0n) is 16.4. The molecule has 0 aliphatic carbocycles. The standard InChI is InChI=1S/C19H19Cl2N7O2S/c1-2-30-15-9-4-3-8-14(15)24-16(29)11-31-19-27-26-18(28(19)22)25-23-10-12-6-5-7-13(20)17(12)21/h3-10H,2,11,22H2,1H3,(H,24,29)(H,25,26)/b23-10+. The number of thioether (sulfide) groups is 1. The van der Waals surface area contributed by atoms with Gasteiger partial charge in [-0.15, -0.1) is 10.2 Å². The van der Waals surface area contributed by atoms with Gasteiger partial charge in [0.1, 0.15) is 5.75 Å². The maximum atomic E-state index is 12.3. The average molecular weight is 480 g/mol. The van der Waals surface area contributed by atoms with Crippen LogP contribution in [0.15, 0.2) is 52.7 Å². The molecule has 0 aliphatic heterocycles. The first kappa shape index (κ1) is 22.7. The molecule has 0 fully saturated rings. The summed E-state index contributed by atoms with van der Waals surface area (Å²) in [5.41, 5.74) is 3.90. The highest BCUT2D eigenvalue weighted by Gasteiger charge is 2.13. The van der Waals surface area contributed by atoms with Crippen LogP contribution >= 0.6 is 35.0 Å². The topological polar surface area (TPSA) is 119 Å². The molecule has 3 rings (SSSR count). The summed E-state index contributed by atoms with van der Waals surface area (Å²) in [7, 11) is 0. The van der Waals surface area contributed by atoms with Crippen molar-refractivity contribution >= 4 is 58.7 Å². The molecular formula is C19H19Cl2N7O2S. The number of carbonyl (C=O) groups excluding carboxylic acids is 1. The Hall–Kier alpha value is -2.95. The lowest BCUT2D eigenvalue weighted by Gasteiger charge is -2.10. The summed E-state index contributed by atoms with van der Waals surface area (Å²) in [6.45, 7) is 2.38. The van der Waals surface area contributed by atoms with Gasteiger partial charge in [0.25, 0.3) is 5.95 Å². The Bertz CT molecular complexity index is 1090. The number of halogens is 2. The molecule has 0 atom stereocenters. The number of hydrogen-bond acceptors (Lipinski definition) is 8. The number of nitrogens with two attached hydrogens (primary N) is 1. The molecule has 0 radical (unpaired) electrons. The van der Waals surface area contributed by atoms with Crippen LogP contribution in [-0.2, 0) is 4.79 Å². The van der Waals surface area contributed by atoms with Gasteiger partial charge in [0.05, 0.1) is 34.3 Å². The van der Waals surface area contributed by atoms with Crippen LogP contribution in [0.1, 0.15) is 12.5 Å². The highest BCUT2D eigenvalue weighted by Crippen LogP contribution is 2.25. The molecule has 162 valence electrons. The predicted octanol–water partition coefficient (Wildman–Crippen LogP) is 3.87. The van der Waals surface area contributed by atoms with Crippen molar-refractivity contribution in [3.8, 4) is 5.75 Å². The molecular weight excluding hydrogens is 461 g/mol. The molecule has 0 saturated carbocycles. The fourth-order valence-corrected chi connectivity index (χ4v) is 3.41. The van der Waals surface area contributed by atoms with Gasteiger partial charge < -0.3 is 15.9 Å². The second kappa shape index (κ2) is 10.9. The first-order valence-corrected chi connectivity index (χ1v) is 10.8. The number of aromatic nitrogens is 3. The van der Waals surface area contributed by atoms with Crippen molar-refractivity contribution in [2.45, 2.75) is 12.1 Å². The van der Waals surface area contributed by atoms with Crippen molar-refractivity contribution in [3.05, 3.63) is 58.1 Å². The smallest absolute Gasteiger partial charge is 0.264 e. The van der Waals surface area contributed by atoms with Gasteiger partial charge in [-0.25, -0.2) is 10.1 Å². The molecule has 2 aromatic carbocycles. The van der Waals surface area contributed by atoms with E-state index in [9.17, 15) is 4.79 Å². The summed E-state index contributed by atoms with van der Waals surface area (Å²) < 4.78 is 6.70. The molecule has 0 aliphatic rings. The quantitative estimate of drug-likeness (QED) is 0.184. The van der Waals surface area contributed by atoms with E-state index < -0.39 is 0 Å². The number of carbonyl (C=O) groups is 1. The molecule has 0 bridgehead atoms. The average Bonchev–Trinajstić information content (AvgIpc) is 3.11. The fraction of sp³-hybridized carbons (Fsp3) is 0.158. The van der Waals surface area contributed by atoms with Gasteiger partial charge in [-0.1, -0.05) is 59.2 Å². The zero-order chi connectivity index (χ0) is 22.2. The van der Waals surface area contributed by atoms with E-state index in [0.29, 0.717) is 38.8 Å². The van der Waals surface area contributed by atoms with E-state index in [4.69, 9.17) is 33.8 Å². The van der Waals surface area contributed by atoms with Gasteiger partial charge in [0, 0.05) is 5.56 Å². The second-order valence-corrected chi connectivity index (χ2v) is 7.68. The number of nitrogen functional groups attached to an aromatic ring is 1. The Kier molecular flexibility index (Phi) is 7.99. The number of ether oxygens (including phenoxy) is 1. The summed E-state index contributed by atoms with van der Waals surface area (Å²) >= 11 is 13.2. The third-order valence-corrected chi connectivity index (χ3v) is 5.58. The number of benzene rings is 2. The van der Waals surface area contributed by atoms with Gasteiger partial charge in [0.2, 0.25) is 11.1 Å². The molecule has 1 amide bonds. The first-order chi connectivity index (χ1) is 15.0. The fourth-order valence-electron chi connectivity index (χ4n) is 2.40. The summed E-state index contributed by atoms with van der Waals surface area (Å²) in [5, 5.41) is 15.9. The Morgan fingerprint density at radius 1 is 1.26 bits per heavy atom. The number of nitrogens with one attached hydrogen (secondary N) is 2. The summed E-state index contributed by atoms with van der Waals surface area (Å²) in [6.07, 6.45) is 1.49. The Morgan fingerprint density at radius 2 is 2.06 bits per heavy atom. The Morgan fingerprint density at radius 3 is 2.87 bits per heavy atom. The van der Waals surface area contributed by atoms with E-state index >= 15 is 0 Å². The molecule has 0 saturated heterocycles. The van der Waals surface area contributed by atoms with Crippen molar-refractivity contribution < 1.29 is 9.53 Å². The number of anilines is 2. The number of hydrogen-bond donors (Lipinski definition) is 3. The van der Waals surface area contributed by atoms with Gasteiger partial charge in [-0.3, -0.25) is 4.79 Å². The molecule has 1 heterocycles. The molecule has 1 aromatic heterocycles. The van der Waals surface area contributed by atoms with Crippen LogP contribution in [0.2, 0.25) is 10.0 Å². The van der Waals surface area contributed by atoms with E-state index in [-0.39, 0.29) is 17.6 Å². The molecule has 31 heavy (non-hydrogen) atoms. The maximum absolute atomic E-state index is 12.3. The molecule has 9 nitrogen and oxygen atoms in total. The number of nitrogens with zero attached hydrogens (tertiary/aromatic N) is 4. The Balaban J connectivity index is 1.56. The first-order valence-electron chi connectivity index (χ1n) is 9.07. The van der Waals surface area contributed by atoms with E-state index in [2.05, 4.69) is 26.0 Å². The number of amides is 1. The van der Waals surface area contributed by atoms with Crippen LogP contribution in [-0.4, -0.2) is 39.4 Å². The Labute approximate surface area is 192 Å². The van der Waals surface area contributed by atoms with E-state index in [0.717, 1.165) is 11.8 Å². The van der Waals surface area contributed by atoms with Crippen molar-refractivity contribution in [3.63, 3.8) is 0 Å². The van der Waals surface area contributed by atoms with Crippen molar-refractivity contribution in [2.75, 3.05) is 28.9 Å². The van der Waals surface area contributed by atoms with Crippen LogP contribution in [0.25, 0.3) is 0 Å². The molecule has 0 unspecified atom stereocenters. The zero-order valence-corrected chi connectivity index (χ0v) is 18.7. The highest BCUT2D eigenvalue weighted by molar-refractivity contribution is 7.99. The van der Waals surface area contributed by atoms with E-state index in [1.165, 1.54) is 10.9 Å². The largest absolute Gasteiger partial charge is 0.492 e. The molecule has 3 aromatic rings. The van der Waals surface area contributed by atoms with Gasteiger partial charge in [0.15, 0.2) is 0 Å². The monoisotopic (exact) mass is 479 g/mol. The summed E-state index contributed by atoms with van der Waals surface area (Å²) in [6, 6.07) is 12.4. The molecule has 4 N–H and O–H groups in total. The molecule has 12 heteroatoms. The lowest BCUT2D eigenvalue weighted by molar-refractivity contribution is -0.113. The minimum Gasteiger partial charge on any atom is -0.492 e. The van der Waals surface area contributed by atoms with Crippen molar-refractivity contribution in [1.82, 2.24) is 14.9 Å². The number of para-hydroxylation sites is 2. The van der Waals surface area contributed by atoms with Crippen LogP contribution < -0.4 is 21.3 Å². The number of rotatable bonds is 9. The lowest BCUT2D eigenvalue weighted by atomic mass is 10.2. The minimum absolute atomic E-state index is 0.0805. The third-order valence-electron chi connectivity index (χ3n) is 3.81. The van der Waals surface area contributed by atoms with Crippen LogP contribution in [0.3, 0.4) is 0 Å². The van der Waals surface area contributed by atoms with Crippen LogP contribution in [0, 0.1) is 0 Å². The normalized spacial score (nSPS) is 10.9. The molecule has 0 spiro atoms. The lowest BCUT2D eigenvalue weighted by Crippen LogP contribution is -2.17. The maximum Gasteiger partial charge on any atom is 0.264 e. The van der Waals surface area contributed by atoms with Crippen molar-refractivity contribution in [1.29, 1.82) is 0 Å². The van der Waals surface area contributed by atoms with Gasteiger partial charge >= 0.3 is 0 Å². The SMILES string of the molecule is CCOc1ccccc1NC(=O)CSc1nnc(N/N=C/c2cccc(Cl)c2Cl)n1N. The van der Waals surface area contributed by atoms with E-state index in [1.54, 1.807) is 30.3 Å². The van der Waals surface area contributed by atoms with Gasteiger partial charge in [-0.2, -0.15) is 5.10 Å². The van der Waals surface area contributed by atoms with Crippen LogP contribution in [0.5, 0.6) is 5.75 Å². The van der Waals surface area contributed by atoms with Crippen LogP contribution in [0.4, 0.5) is 11.6 Å². The minimum atomic E-state index is -0.233. The second-order valence-electron chi connectivity index (χ2n) is 5.96. The van der Waals surface area contributed by atoms with Gasteiger partial charge in [-0.05, 0) is 25.1 Å². The number of hydrazone groups is 1. The van der Waals surface area contributed by atoms with Crippen molar-refractivity contribution in [2.24, 2.45) is 5.10 Å². The summed E-state index contributed by atoms with van der Waals surface area (Å²) in [4.78, 5) is 12.3.